The zero-order valence-corrected chi connectivity index (χ0v) is 12.0. The Labute approximate surface area is 117 Å². The van der Waals surface area contributed by atoms with E-state index in [9.17, 15) is 4.79 Å². The fourth-order valence-corrected chi connectivity index (χ4v) is 2.72. The van der Waals surface area contributed by atoms with Crippen LogP contribution in [0, 0.1) is 0 Å². The molecule has 2 aromatic rings. The molecule has 100 valence electrons. The van der Waals surface area contributed by atoms with E-state index in [-0.39, 0.29) is 11.9 Å². The van der Waals surface area contributed by atoms with E-state index in [0.29, 0.717) is 0 Å². The molecule has 0 atom stereocenters. The monoisotopic (exact) mass is 274 g/mol. The van der Waals surface area contributed by atoms with Gasteiger partial charge in [0.2, 0.25) is 5.91 Å². The number of nitrogens with one attached hydrogen (secondary N) is 1. The first-order chi connectivity index (χ1) is 9.22. The van der Waals surface area contributed by atoms with Gasteiger partial charge in [-0.2, -0.15) is 0 Å². The quantitative estimate of drug-likeness (QED) is 0.846. The van der Waals surface area contributed by atoms with E-state index >= 15 is 0 Å². The highest BCUT2D eigenvalue weighted by atomic mass is 32.1. The highest BCUT2D eigenvalue weighted by Gasteiger charge is 2.05. The molecule has 3 nitrogen and oxygen atoms in total. The minimum atomic E-state index is -0.0482. The molecule has 2 rings (SSSR count). The van der Waals surface area contributed by atoms with Gasteiger partial charge in [0.15, 0.2) is 0 Å². The second-order valence-corrected chi connectivity index (χ2v) is 5.44. The molecular formula is C15H18N2OS. The molecule has 1 aromatic carbocycles. The lowest BCUT2D eigenvalue weighted by Gasteiger charge is -2.12. The Balaban J connectivity index is 2.03. The first-order valence-electron chi connectivity index (χ1n) is 6.57. The summed E-state index contributed by atoms with van der Waals surface area (Å²) in [6.45, 7) is 4.15. The van der Waals surface area contributed by atoms with Crippen molar-refractivity contribution >= 4 is 33.5 Å². The standard InChI is InChI=1S/C15H18N2OS/c1-3-11(4-2)16-14(18)9-10-15-17-12-7-5-6-8-13(12)19-15/h5-11H,3-4H2,1-2H3,(H,16,18). The van der Waals surface area contributed by atoms with E-state index in [4.69, 9.17) is 0 Å². The number of benzene rings is 1. The number of hydrogen-bond donors (Lipinski definition) is 1. The van der Waals surface area contributed by atoms with E-state index in [1.807, 2.05) is 24.3 Å². The minimum Gasteiger partial charge on any atom is -0.350 e. The summed E-state index contributed by atoms with van der Waals surface area (Å²) < 4.78 is 1.14. The maximum atomic E-state index is 11.7. The van der Waals surface area contributed by atoms with Crippen LogP contribution in [0.5, 0.6) is 0 Å². The number of aromatic nitrogens is 1. The number of amides is 1. The summed E-state index contributed by atoms with van der Waals surface area (Å²) in [5.41, 5.74) is 0.979. The van der Waals surface area contributed by atoms with Crippen LogP contribution in [0.1, 0.15) is 31.7 Å². The third-order valence-corrected chi connectivity index (χ3v) is 4.02. The Morgan fingerprint density at radius 1 is 1.37 bits per heavy atom. The van der Waals surface area contributed by atoms with Gasteiger partial charge >= 0.3 is 0 Å². The number of carbonyl (C=O) groups excluding carboxylic acids is 1. The van der Waals surface area contributed by atoms with Gasteiger partial charge in [-0.15, -0.1) is 11.3 Å². The predicted molar refractivity (Wildman–Crippen MR) is 81.2 cm³/mol. The molecule has 0 bridgehead atoms. The third kappa shape index (κ3) is 3.64. The summed E-state index contributed by atoms with van der Waals surface area (Å²) in [6, 6.07) is 8.23. The summed E-state index contributed by atoms with van der Waals surface area (Å²) in [5, 5.41) is 3.83. The van der Waals surface area contributed by atoms with Crippen molar-refractivity contribution in [2.24, 2.45) is 0 Å². The van der Waals surface area contributed by atoms with Crippen molar-refractivity contribution in [3.8, 4) is 0 Å². The lowest BCUT2D eigenvalue weighted by atomic mass is 10.2. The lowest BCUT2D eigenvalue weighted by molar-refractivity contribution is -0.117. The average Bonchev–Trinajstić information content (AvgIpc) is 2.85. The molecule has 1 N–H and O–H groups in total. The van der Waals surface area contributed by atoms with E-state index < -0.39 is 0 Å². The molecule has 0 fully saturated rings. The Bertz CT molecular complexity index is 552. The number of rotatable bonds is 5. The van der Waals surface area contributed by atoms with Gasteiger partial charge in [0.1, 0.15) is 5.01 Å². The molecule has 0 aliphatic carbocycles. The Morgan fingerprint density at radius 3 is 2.79 bits per heavy atom. The van der Waals surface area contributed by atoms with Crippen molar-refractivity contribution in [2.75, 3.05) is 0 Å². The molecule has 0 unspecified atom stereocenters. The fraction of sp³-hybridized carbons (Fsp3) is 0.333. The summed E-state index contributed by atoms with van der Waals surface area (Å²) in [7, 11) is 0. The van der Waals surface area contributed by atoms with Gasteiger partial charge in [0.25, 0.3) is 0 Å². The van der Waals surface area contributed by atoms with Crippen molar-refractivity contribution in [1.29, 1.82) is 0 Å². The smallest absolute Gasteiger partial charge is 0.244 e. The van der Waals surface area contributed by atoms with Crippen LogP contribution in [0.4, 0.5) is 0 Å². The summed E-state index contributed by atoms with van der Waals surface area (Å²) in [4.78, 5) is 16.2. The summed E-state index contributed by atoms with van der Waals surface area (Å²) in [6.07, 6.45) is 5.26. The topological polar surface area (TPSA) is 42.0 Å². The number of nitrogens with zero attached hydrogens (tertiary/aromatic N) is 1. The average molecular weight is 274 g/mol. The van der Waals surface area contributed by atoms with Crippen LogP contribution in [0.15, 0.2) is 30.3 Å². The normalized spacial score (nSPS) is 11.5. The van der Waals surface area contributed by atoms with Crippen LogP contribution in [-0.4, -0.2) is 16.9 Å². The molecule has 1 amide bonds. The van der Waals surface area contributed by atoms with Gasteiger partial charge in [-0.1, -0.05) is 26.0 Å². The lowest BCUT2D eigenvalue weighted by Crippen LogP contribution is -2.32. The van der Waals surface area contributed by atoms with Crippen molar-refractivity contribution < 1.29 is 4.79 Å². The zero-order chi connectivity index (χ0) is 13.7. The van der Waals surface area contributed by atoms with Gasteiger partial charge in [-0.25, -0.2) is 4.98 Å². The maximum Gasteiger partial charge on any atom is 0.244 e. The summed E-state index contributed by atoms with van der Waals surface area (Å²) in [5.74, 6) is -0.0482. The minimum absolute atomic E-state index is 0.0482. The molecular weight excluding hydrogens is 256 g/mol. The van der Waals surface area contributed by atoms with Gasteiger partial charge in [-0.3, -0.25) is 4.79 Å². The molecule has 19 heavy (non-hydrogen) atoms. The van der Waals surface area contributed by atoms with Gasteiger partial charge < -0.3 is 5.32 Å². The van der Waals surface area contributed by atoms with Crippen LogP contribution < -0.4 is 5.32 Å². The largest absolute Gasteiger partial charge is 0.350 e. The van der Waals surface area contributed by atoms with Crippen LogP contribution in [0.3, 0.4) is 0 Å². The molecule has 1 heterocycles. The van der Waals surface area contributed by atoms with Crippen molar-refractivity contribution in [3.63, 3.8) is 0 Å². The SMILES string of the molecule is CCC(CC)NC(=O)C=Cc1nc2ccccc2s1. The van der Waals surface area contributed by atoms with Gasteiger partial charge in [-0.05, 0) is 31.1 Å². The molecule has 0 aliphatic rings. The van der Waals surface area contributed by atoms with E-state index in [1.54, 1.807) is 23.5 Å². The van der Waals surface area contributed by atoms with E-state index in [0.717, 1.165) is 28.1 Å². The van der Waals surface area contributed by atoms with Gasteiger partial charge in [0.05, 0.1) is 10.2 Å². The zero-order valence-electron chi connectivity index (χ0n) is 11.2. The van der Waals surface area contributed by atoms with Gasteiger partial charge in [0, 0.05) is 12.1 Å². The molecule has 0 radical (unpaired) electrons. The summed E-state index contributed by atoms with van der Waals surface area (Å²) >= 11 is 1.59. The number of para-hydroxylation sites is 1. The van der Waals surface area contributed by atoms with Crippen molar-refractivity contribution in [1.82, 2.24) is 10.3 Å². The van der Waals surface area contributed by atoms with E-state index in [2.05, 4.69) is 24.1 Å². The first kappa shape index (κ1) is 13.7. The second kappa shape index (κ2) is 6.48. The van der Waals surface area contributed by atoms with Crippen molar-refractivity contribution in [2.45, 2.75) is 32.7 Å². The fourth-order valence-electron chi connectivity index (χ4n) is 1.85. The highest BCUT2D eigenvalue weighted by molar-refractivity contribution is 7.19. The molecule has 0 spiro atoms. The molecule has 4 heteroatoms. The van der Waals surface area contributed by atoms with Crippen LogP contribution >= 0.6 is 11.3 Å². The Morgan fingerprint density at radius 2 is 2.11 bits per heavy atom. The van der Waals surface area contributed by atoms with Crippen molar-refractivity contribution in [3.05, 3.63) is 35.3 Å². The van der Waals surface area contributed by atoms with Crippen LogP contribution in [0.2, 0.25) is 0 Å². The Kier molecular flexibility index (Phi) is 4.68. The predicted octanol–water partition coefficient (Wildman–Crippen LogP) is 3.61. The number of hydrogen-bond acceptors (Lipinski definition) is 3. The number of thiazole rings is 1. The Hall–Kier alpha value is -1.68. The van der Waals surface area contributed by atoms with Crippen LogP contribution in [-0.2, 0) is 4.79 Å². The number of carbonyl (C=O) groups is 1. The molecule has 1 aromatic heterocycles. The second-order valence-electron chi connectivity index (χ2n) is 4.38. The van der Waals surface area contributed by atoms with Crippen LogP contribution in [0.25, 0.3) is 16.3 Å². The highest BCUT2D eigenvalue weighted by Crippen LogP contribution is 2.22. The molecule has 0 aliphatic heterocycles. The van der Waals surface area contributed by atoms with E-state index in [1.165, 1.54) is 0 Å². The number of fused-ring (bicyclic) bond motifs is 1. The third-order valence-electron chi connectivity index (χ3n) is 3.02. The molecule has 0 saturated carbocycles. The maximum absolute atomic E-state index is 11.7. The molecule has 0 saturated heterocycles. The first-order valence-corrected chi connectivity index (χ1v) is 7.38.